The van der Waals surface area contributed by atoms with Crippen LogP contribution in [0.2, 0.25) is 0 Å². The van der Waals surface area contributed by atoms with Gasteiger partial charge < -0.3 is 15.8 Å². The predicted octanol–water partition coefficient (Wildman–Crippen LogP) is 0.771. The number of hydrogen-bond acceptors (Lipinski definition) is 4. The SMILES string of the molecule is NCC1CC(CNC(=O)Cc2ccsc2)CO1. The smallest absolute Gasteiger partial charge is 0.224 e. The van der Waals surface area contributed by atoms with Crippen LogP contribution in [0.5, 0.6) is 0 Å². The number of rotatable bonds is 5. The molecule has 1 aromatic heterocycles. The fourth-order valence-corrected chi connectivity index (χ4v) is 2.65. The Morgan fingerprint density at radius 3 is 3.18 bits per heavy atom. The second-order valence-corrected chi connectivity index (χ2v) is 5.19. The van der Waals surface area contributed by atoms with Crippen molar-refractivity contribution in [2.24, 2.45) is 11.7 Å². The summed E-state index contributed by atoms with van der Waals surface area (Å²) in [5.41, 5.74) is 6.61. The van der Waals surface area contributed by atoms with E-state index < -0.39 is 0 Å². The minimum atomic E-state index is 0.0830. The van der Waals surface area contributed by atoms with Gasteiger partial charge in [0.05, 0.1) is 19.1 Å². The third kappa shape index (κ3) is 3.80. The van der Waals surface area contributed by atoms with E-state index in [2.05, 4.69) is 5.32 Å². The van der Waals surface area contributed by atoms with Crippen LogP contribution < -0.4 is 11.1 Å². The van der Waals surface area contributed by atoms with Crippen LogP contribution in [0, 0.1) is 5.92 Å². The van der Waals surface area contributed by atoms with E-state index in [9.17, 15) is 4.79 Å². The maximum atomic E-state index is 11.6. The van der Waals surface area contributed by atoms with Crippen LogP contribution in [-0.2, 0) is 16.0 Å². The second-order valence-electron chi connectivity index (χ2n) is 4.41. The lowest BCUT2D eigenvalue weighted by Gasteiger charge is -2.09. The Hall–Kier alpha value is -0.910. The third-order valence-electron chi connectivity index (χ3n) is 2.96. The van der Waals surface area contributed by atoms with Gasteiger partial charge in [0.15, 0.2) is 0 Å². The Morgan fingerprint density at radius 2 is 2.53 bits per heavy atom. The molecule has 0 radical (unpaired) electrons. The molecule has 5 heteroatoms. The summed E-state index contributed by atoms with van der Waals surface area (Å²) < 4.78 is 5.48. The highest BCUT2D eigenvalue weighted by atomic mass is 32.1. The number of hydrogen-bond donors (Lipinski definition) is 2. The first-order valence-corrected chi connectivity index (χ1v) is 6.81. The molecule has 0 saturated carbocycles. The number of thiophene rings is 1. The molecular formula is C12H18N2O2S. The van der Waals surface area contributed by atoms with Crippen LogP contribution in [-0.4, -0.2) is 31.7 Å². The zero-order chi connectivity index (χ0) is 12.1. The Morgan fingerprint density at radius 1 is 1.65 bits per heavy atom. The topological polar surface area (TPSA) is 64.3 Å². The van der Waals surface area contributed by atoms with Gasteiger partial charge in [0, 0.05) is 19.0 Å². The molecule has 0 bridgehead atoms. The largest absolute Gasteiger partial charge is 0.377 e. The van der Waals surface area contributed by atoms with Crippen LogP contribution in [0.15, 0.2) is 16.8 Å². The number of carbonyl (C=O) groups is 1. The van der Waals surface area contributed by atoms with Crippen LogP contribution in [0.3, 0.4) is 0 Å². The molecule has 94 valence electrons. The molecule has 2 unspecified atom stereocenters. The van der Waals surface area contributed by atoms with Crippen molar-refractivity contribution in [3.8, 4) is 0 Å². The highest BCUT2D eigenvalue weighted by Gasteiger charge is 2.24. The van der Waals surface area contributed by atoms with Crippen molar-refractivity contribution >= 4 is 17.2 Å². The zero-order valence-electron chi connectivity index (χ0n) is 9.72. The summed E-state index contributed by atoms with van der Waals surface area (Å²) in [6, 6.07) is 1.98. The fourth-order valence-electron chi connectivity index (χ4n) is 1.99. The Balaban J connectivity index is 1.67. The molecular weight excluding hydrogens is 236 g/mol. The monoisotopic (exact) mass is 254 g/mol. The van der Waals surface area contributed by atoms with Gasteiger partial charge in [-0.15, -0.1) is 0 Å². The molecule has 1 amide bonds. The molecule has 1 aliphatic rings. The van der Waals surface area contributed by atoms with Gasteiger partial charge in [0.2, 0.25) is 5.91 Å². The van der Waals surface area contributed by atoms with Crippen LogP contribution in [0.4, 0.5) is 0 Å². The van der Waals surface area contributed by atoms with E-state index in [4.69, 9.17) is 10.5 Å². The van der Waals surface area contributed by atoms with Gasteiger partial charge >= 0.3 is 0 Å². The number of nitrogens with two attached hydrogens (primary N) is 1. The molecule has 2 atom stereocenters. The van der Waals surface area contributed by atoms with E-state index in [1.54, 1.807) is 11.3 Å². The van der Waals surface area contributed by atoms with E-state index in [-0.39, 0.29) is 12.0 Å². The van der Waals surface area contributed by atoms with E-state index in [0.717, 1.165) is 12.0 Å². The van der Waals surface area contributed by atoms with Crippen LogP contribution in [0.25, 0.3) is 0 Å². The number of nitrogens with one attached hydrogen (secondary N) is 1. The summed E-state index contributed by atoms with van der Waals surface area (Å²) in [6.45, 7) is 1.97. The van der Waals surface area contributed by atoms with Crippen molar-refractivity contribution in [1.29, 1.82) is 0 Å². The van der Waals surface area contributed by atoms with Crippen molar-refractivity contribution in [2.75, 3.05) is 19.7 Å². The molecule has 2 heterocycles. The summed E-state index contributed by atoms with van der Waals surface area (Å²) in [4.78, 5) is 11.6. The van der Waals surface area contributed by atoms with Gasteiger partial charge in [-0.25, -0.2) is 0 Å². The molecule has 1 fully saturated rings. The van der Waals surface area contributed by atoms with Gasteiger partial charge in [-0.3, -0.25) is 4.79 Å². The molecule has 1 aromatic rings. The summed E-state index contributed by atoms with van der Waals surface area (Å²) in [5.74, 6) is 0.495. The summed E-state index contributed by atoms with van der Waals surface area (Å²) in [5, 5.41) is 6.94. The molecule has 17 heavy (non-hydrogen) atoms. The molecule has 0 aromatic carbocycles. The second kappa shape index (κ2) is 6.14. The normalized spacial score (nSPS) is 23.8. The first-order valence-electron chi connectivity index (χ1n) is 5.87. The summed E-state index contributed by atoms with van der Waals surface area (Å²) >= 11 is 1.61. The van der Waals surface area contributed by atoms with E-state index >= 15 is 0 Å². The molecule has 0 aliphatic carbocycles. The summed E-state index contributed by atoms with van der Waals surface area (Å²) in [7, 11) is 0. The van der Waals surface area contributed by atoms with Gasteiger partial charge in [0.1, 0.15) is 0 Å². The first kappa shape index (κ1) is 12.5. The Kier molecular flexibility index (Phi) is 4.53. The van der Waals surface area contributed by atoms with Crippen molar-refractivity contribution in [3.05, 3.63) is 22.4 Å². The van der Waals surface area contributed by atoms with Gasteiger partial charge in [-0.2, -0.15) is 11.3 Å². The van der Waals surface area contributed by atoms with Crippen LogP contribution in [0.1, 0.15) is 12.0 Å². The Labute approximate surface area is 105 Å². The predicted molar refractivity (Wildman–Crippen MR) is 67.9 cm³/mol. The van der Waals surface area contributed by atoms with Crippen molar-refractivity contribution in [3.63, 3.8) is 0 Å². The fraction of sp³-hybridized carbons (Fsp3) is 0.583. The van der Waals surface area contributed by atoms with Crippen molar-refractivity contribution in [2.45, 2.75) is 18.9 Å². The average Bonchev–Trinajstić information content (AvgIpc) is 2.96. The maximum absolute atomic E-state index is 11.6. The molecule has 2 rings (SSSR count). The summed E-state index contributed by atoms with van der Waals surface area (Å²) in [6.07, 6.45) is 1.60. The van der Waals surface area contributed by atoms with E-state index in [1.807, 2.05) is 16.8 Å². The maximum Gasteiger partial charge on any atom is 0.224 e. The number of carbonyl (C=O) groups excluding carboxylic acids is 1. The lowest BCUT2D eigenvalue weighted by molar-refractivity contribution is -0.120. The van der Waals surface area contributed by atoms with Crippen molar-refractivity contribution < 1.29 is 9.53 Å². The van der Waals surface area contributed by atoms with Crippen LogP contribution >= 0.6 is 11.3 Å². The highest BCUT2D eigenvalue weighted by molar-refractivity contribution is 7.07. The minimum absolute atomic E-state index is 0.0830. The third-order valence-corrected chi connectivity index (χ3v) is 3.69. The number of amides is 1. The van der Waals surface area contributed by atoms with E-state index in [1.165, 1.54) is 0 Å². The standard InChI is InChI=1S/C12H18N2O2S/c13-5-11-3-10(7-16-11)6-14-12(15)4-9-1-2-17-8-9/h1-2,8,10-11H,3-7,13H2,(H,14,15). The molecule has 1 aliphatic heterocycles. The average molecular weight is 254 g/mol. The first-order chi connectivity index (χ1) is 8.28. The highest BCUT2D eigenvalue weighted by Crippen LogP contribution is 2.17. The molecule has 0 spiro atoms. The molecule has 3 N–H and O–H groups in total. The molecule has 4 nitrogen and oxygen atoms in total. The number of ether oxygens (including phenoxy) is 1. The van der Waals surface area contributed by atoms with E-state index in [0.29, 0.717) is 32.0 Å². The van der Waals surface area contributed by atoms with Gasteiger partial charge in [-0.05, 0) is 28.8 Å². The molecule has 1 saturated heterocycles. The quantitative estimate of drug-likeness (QED) is 0.816. The van der Waals surface area contributed by atoms with Gasteiger partial charge in [-0.1, -0.05) is 0 Å². The Bertz CT molecular complexity index is 353. The zero-order valence-corrected chi connectivity index (χ0v) is 10.5. The lowest BCUT2D eigenvalue weighted by atomic mass is 10.1. The minimum Gasteiger partial charge on any atom is -0.377 e. The lowest BCUT2D eigenvalue weighted by Crippen LogP contribution is -2.30. The van der Waals surface area contributed by atoms with Crippen molar-refractivity contribution in [1.82, 2.24) is 5.32 Å². The van der Waals surface area contributed by atoms with Gasteiger partial charge in [0.25, 0.3) is 0 Å².